The minimum Gasteiger partial charge on any atom is -0.339 e. The summed E-state index contributed by atoms with van der Waals surface area (Å²) in [7, 11) is 0. The summed E-state index contributed by atoms with van der Waals surface area (Å²) < 4.78 is 5.48. The average molecular weight is 280 g/mol. The van der Waals surface area contributed by atoms with Gasteiger partial charge in [0.2, 0.25) is 11.7 Å². The van der Waals surface area contributed by atoms with Crippen molar-refractivity contribution >= 4 is 10.8 Å². The van der Waals surface area contributed by atoms with Crippen LogP contribution >= 0.6 is 0 Å². The van der Waals surface area contributed by atoms with Crippen LogP contribution in [0.25, 0.3) is 22.3 Å². The van der Waals surface area contributed by atoms with E-state index in [0.29, 0.717) is 23.6 Å². The number of benzene rings is 1. The molecule has 2 atom stereocenters. The molecule has 3 aromatic rings. The van der Waals surface area contributed by atoms with E-state index < -0.39 is 0 Å². The fourth-order valence-corrected chi connectivity index (χ4v) is 2.92. The molecular formula is C16H16N4O. The molecule has 0 radical (unpaired) electrons. The highest BCUT2D eigenvalue weighted by Crippen LogP contribution is 2.29. The van der Waals surface area contributed by atoms with Gasteiger partial charge in [0.15, 0.2) is 0 Å². The Morgan fingerprint density at radius 1 is 1.19 bits per heavy atom. The van der Waals surface area contributed by atoms with Crippen molar-refractivity contribution in [2.45, 2.75) is 12.8 Å². The number of hydrogen-bond donors (Lipinski definition) is 1. The van der Waals surface area contributed by atoms with Crippen molar-refractivity contribution in [2.75, 3.05) is 13.1 Å². The first-order valence-corrected chi connectivity index (χ1v) is 7.21. The lowest BCUT2D eigenvalue weighted by Crippen LogP contribution is -2.08. The van der Waals surface area contributed by atoms with Crippen molar-refractivity contribution < 1.29 is 4.52 Å². The van der Waals surface area contributed by atoms with Crippen LogP contribution in [0.1, 0.15) is 18.7 Å². The van der Waals surface area contributed by atoms with E-state index in [2.05, 4.69) is 33.4 Å². The molecule has 0 unspecified atom stereocenters. The zero-order valence-electron chi connectivity index (χ0n) is 11.8. The summed E-state index contributed by atoms with van der Waals surface area (Å²) in [6.45, 7) is 4.09. The molecule has 0 bridgehead atoms. The zero-order chi connectivity index (χ0) is 14.2. The second-order valence-corrected chi connectivity index (χ2v) is 5.58. The standard InChI is InChI=1S/C16H16N4O/c1-10-8-17-9-13(10)16-19-15(20-21-16)14-12-5-3-2-4-11(12)6-7-18-14/h2-7,10,13,17H,8-9H2,1H3/t10-,13-/m1/s1. The van der Waals surface area contributed by atoms with Crippen LogP contribution in [-0.2, 0) is 0 Å². The van der Waals surface area contributed by atoms with Gasteiger partial charge >= 0.3 is 0 Å². The summed E-state index contributed by atoms with van der Waals surface area (Å²) >= 11 is 0. The number of nitrogens with zero attached hydrogens (tertiary/aromatic N) is 3. The topological polar surface area (TPSA) is 63.8 Å². The van der Waals surface area contributed by atoms with Gasteiger partial charge in [0.25, 0.3) is 0 Å². The average Bonchev–Trinajstić information content (AvgIpc) is 3.15. The Labute approximate surface area is 122 Å². The molecular weight excluding hydrogens is 264 g/mol. The van der Waals surface area contributed by atoms with E-state index in [9.17, 15) is 0 Å². The molecule has 0 spiro atoms. The summed E-state index contributed by atoms with van der Waals surface area (Å²) in [6.07, 6.45) is 1.79. The Bertz CT molecular complexity index is 777. The number of rotatable bonds is 2. The lowest BCUT2D eigenvalue weighted by molar-refractivity contribution is 0.340. The highest BCUT2D eigenvalue weighted by atomic mass is 16.5. The highest BCUT2D eigenvalue weighted by molar-refractivity contribution is 5.92. The molecule has 3 heterocycles. The van der Waals surface area contributed by atoms with Crippen molar-refractivity contribution in [3.8, 4) is 11.5 Å². The van der Waals surface area contributed by atoms with E-state index in [4.69, 9.17) is 4.52 Å². The predicted molar refractivity (Wildman–Crippen MR) is 79.8 cm³/mol. The lowest BCUT2D eigenvalue weighted by Gasteiger charge is -2.07. The molecule has 106 valence electrons. The Morgan fingerprint density at radius 3 is 2.95 bits per heavy atom. The van der Waals surface area contributed by atoms with E-state index in [1.165, 1.54) is 0 Å². The molecule has 4 rings (SSSR count). The molecule has 1 aliphatic rings. The van der Waals surface area contributed by atoms with Gasteiger partial charge in [0.1, 0.15) is 5.69 Å². The number of fused-ring (bicyclic) bond motifs is 1. The van der Waals surface area contributed by atoms with Gasteiger partial charge in [-0.1, -0.05) is 36.3 Å². The van der Waals surface area contributed by atoms with Crippen molar-refractivity contribution in [1.29, 1.82) is 0 Å². The number of hydrogen-bond acceptors (Lipinski definition) is 5. The summed E-state index contributed by atoms with van der Waals surface area (Å²) in [5.74, 6) is 2.08. The monoisotopic (exact) mass is 280 g/mol. The third kappa shape index (κ3) is 2.10. The Morgan fingerprint density at radius 2 is 2.10 bits per heavy atom. The first-order valence-electron chi connectivity index (χ1n) is 7.21. The molecule has 1 saturated heterocycles. The SMILES string of the molecule is C[C@@H]1CNC[C@H]1c1nc(-c2nccc3ccccc23)no1. The van der Waals surface area contributed by atoms with Crippen molar-refractivity contribution in [3.63, 3.8) is 0 Å². The van der Waals surface area contributed by atoms with E-state index in [1.807, 2.05) is 24.3 Å². The first-order chi connectivity index (χ1) is 10.3. The molecule has 1 fully saturated rings. The second-order valence-electron chi connectivity index (χ2n) is 5.58. The second kappa shape index (κ2) is 4.93. The van der Waals surface area contributed by atoms with Gasteiger partial charge < -0.3 is 9.84 Å². The van der Waals surface area contributed by atoms with Crippen LogP contribution in [0.15, 0.2) is 41.1 Å². The van der Waals surface area contributed by atoms with Crippen LogP contribution in [-0.4, -0.2) is 28.2 Å². The Hall–Kier alpha value is -2.27. The number of nitrogens with one attached hydrogen (secondary N) is 1. The molecule has 5 nitrogen and oxygen atoms in total. The van der Waals surface area contributed by atoms with Crippen LogP contribution in [0.4, 0.5) is 0 Å². The molecule has 1 aliphatic heterocycles. The van der Waals surface area contributed by atoms with Crippen LogP contribution in [0.2, 0.25) is 0 Å². The van der Waals surface area contributed by atoms with Gasteiger partial charge in [0, 0.05) is 18.1 Å². The van der Waals surface area contributed by atoms with E-state index in [-0.39, 0.29) is 0 Å². The molecule has 0 saturated carbocycles. The summed E-state index contributed by atoms with van der Waals surface area (Å²) in [4.78, 5) is 9.02. The van der Waals surface area contributed by atoms with E-state index in [1.54, 1.807) is 6.20 Å². The first kappa shape index (κ1) is 12.5. The summed E-state index contributed by atoms with van der Waals surface area (Å²) in [5, 5.41) is 9.67. The zero-order valence-corrected chi connectivity index (χ0v) is 11.8. The maximum Gasteiger partial charge on any atom is 0.231 e. The summed E-state index contributed by atoms with van der Waals surface area (Å²) in [6, 6.07) is 10.1. The number of aromatic nitrogens is 3. The van der Waals surface area contributed by atoms with Crippen LogP contribution < -0.4 is 5.32 Å². The Balaban J connectivity index is 1.78. The van der Waals surface area contributed by atoms with Crippen LogP contribution in [0, 0.1) is 5.92 Å². The van der Waals surface area contributed by atoms with Crippen LogP contribution in [0.3, 0.4) is 0 Å². The molecule has 1 aromatic carbocycles. The van der Waals surface area contributed by atoms with Gasteiger partial charge in [-0.15, -0.1) is 0 Å². The van der Waals surface area contributed by atoms with Gasteiger partial charge in [-0.25, -0.2) is 0 Å². The van der Waals surface area contributed by atoms with E-state index >= 15 is 0 Å². The minimum absolute atomic E-state index is 0.293. The van der Waals surface area contributed by atoms with Gasteiger partial charge in [0.05, 0.1) is 5.92 Å². The largest absolute Gasteiger partial charge is 0.339 e. The molecule has 0 aliphatic carbocycles. The minimum atomic E-state index is 0.293. The fraction of sp³-hybridized carbons (Fsp3) is 0.312. The summed E-state index contributed by atoms with van der Waals surface area (Å²) in [5.41, 5.74) is 0.779. The normalized spacial score (nSPS) is 22.0. The molecule has 21 heavy (non-hydrogen) atoms. The quantitative estimate of drug-likeness (QED) is 0.781. The van der Waals surface area contributed by atoms with Gasteiger partial charge in [-0.05, 0) is 23.9 Å². The Kier molecular flexibility index (Phi) is 2.93. The smallest absolute Gasteiger partial charge is 0.231 e. The molecule has 0 amide bonds. The third-order valence-electron chi connectivity index (χ3n) is 4.16. The maximum absolute atomic E-state index is 5.48. The molecule has 1 N–H and O–H groups in total. The van der Waals surface area contributed by atoms with Crippen molar-refractivity contribution in [2.24, 2.45) is 5.92 Å². The molecule has 2 aromatic heterocycles. The predicted octanol–water partition coefficient (Wildman–Crippen LogP) is 2.61. The van der Waals surface area contributed by atoms with Gasteiger partial charge in [-0.3, -0.25) is 4.98 Å². The fourth-order valence-electron chi connectivity index (χ4n) is 2.92. The third-order valence-corrected chi connectivity index (χ3v) is 4.16. The maximum atomic E-state index is 5.48. The van der Waals surface area contributed by atoms with Crippen LogP contribution in [0.5, 0.6) is 0 Å². The molecule has 5 heteroatoms. The van der Waals surface area contributed by atoms with E-state index in [0.717, 1.165) is 29.6 Å². The number of pyridine rings is 1. The van der Waals surface area contributed by atoms with Gasteiger partial charge in [-0.2, -0.15) is 4.98 Å². The lowest BCUT2D eigenvalue weighted by atomic mass is 9.98. The highest BCUT2D eigenvalue weighted by Gasteiger charge is 2.30. The van der Waals surface area contributed by atoms with Crippen molar-refractivity contribution in [3.05, 3.63) is 42.4 Å². The van der Waals surface area contributed by atoms with Crippen molar-refractivity contribution in [1.82, 2.24) is 20.4 Å².